The highest BCUT2D eigenvalue weighted by atomic mass is 32.1. The summed E-state index contributed by atoms with van der Waals surface area (Å²) in [4.78, 5) is 49.1. The fraction of sp³-hybridized carbons (Fsp3) is 0.304. The molecule has 182 valence electrons. The van der Waals surface area contributed by atoms with Crippen LogP contribution in [0.15, 0.2) is 17.7 Å². The molecule has 11 nitrogen and oxygen atoms in total. The van der Waals surface area contributed by atoms with Gasteiger partial charge in [0.05, 0.1) is 40.9 Å². The van der Waals surface area contributed by atoms with Crippen LogP contribution >= 0.6 is 11.3 Å². The van der Waals surface area contributed by atoms with Crippen LogP contribution < -0.4 is 9.47 Å². The fourth-order valence-electron chi connectivity index (χ4n) is 3.35. The third-order valence-electron chi connectivity index (χ3n) is 4.92. The average molecular weight is 500 g/mol. The number of thiophene rings is 1. The van der Waals surface area contributed by atoms with E-state index in [2.05, 4.69) is 0 Å². The molecule has 0 atom stereocenters. The largest absolute Gasteiger partial charge is 0.462 e. The maximum atomic E-state index is 13.0. The van der Waals surface area contributed by atoms with E-state index in [1.54, 1.807) is 26.8 Å². The number of fused-ring (bicyclic) bond motifs is 1. The van der Waals surface area contributed by atoms with Gasteiger partial charge in [0.2, 0.25) is 6.79 Å². The highest BCUT2D eigenvalue weighted by Gasteiger charge is 2.29. The second-order valence-corrected chi connectivity index (χ2v) is 8.19. The van der Waals surface area contributed by atoms with Crippen LogP contribution in [0.1, 0.15) is 49.9 Å². The second kappa shape index (κ2) is 10.8. The molecule has 0 unspecified atom stereocenters. The quantitative estimate of drug-likeness (QED) is 0.163. The minimum absolute atomic E-state index is 0.0238. The molecule has 2 heterocycles. The van der Waals surface area contributed by atoms with Crippen LogP contribution in [0.4, 0.5) is 5.69 Å². The van der Waals surface area contributed by atoms with Crippen LogP contribution in [0.5, 0.6) is 11.5 Å². The van der Waals surface area contributed by atoms with E-state index >= 15 is 0 Å². The van der Waals surface area contributed by atoms with Gasteiger partial charge in [-0.2, -0.15) is 5.26 Å². The lowest BCUT2D eigenvalue weighted by Crippen LogP contribution is -2.12. The molecule has 0 radical (unpaired) electrons. The van der Waals surface area contributed by atoms with Crippen LogP contribution in [0.2, 0.25) is 0 Å². The first-order valence-corrected chi connectivity index (χ1v) is 11.2. The molecule has 35 heavy (non-hydrogen) atoms. The van der Waals surface area contributed by atoms with E-state index < -0.39 is 29.1 Å². The Kier molecular flexibility index (Phi) is 7.83. The third kappa shape index (κ3) is 5.30. The third-order valence-corrected chi connectivity index (χ3v) is 6.19. The van der Waals surface area contributed by atoms with E-state index in [0.717, 1.165) is 23.5 Å². The molecule has 0 fully saturated rings. The van der Waals surface area contributed by atoms with E-state index in [-0.39, 0.29) is 63.6 Å². The number of esters is 2. The van der Waals surface area contributed by atoms with Crippen molar-refractivity contribution >= 4 is 40.8 Å². The summed E-state index contributed by atoms with van der Waals surface area (Å²) in [6.07, 6.45) is 0.677. The maximum absolute atomic E-state index is 13.0. The molecule has 0 N–H and O–H groups in total. The Hall–Kier alpha value is -4.24. The van der Waals surface area contributed by atoms with Gasteiger partial charge in [0, 0.05) is 11.3 Å². The number of benzene rings is 1. The van der Waals surface area contributed by atoms with Crippen molar-refractivity contribution in [3.63, 3.8) is 0 Å². The predicted molar refractivity (Wildman–Crippen MR) is 122 cm³/mol. The minimum Gasteiger partial charge on any atom is -0.462 e. The summed E-state index contributed by atoms with van der Waals surface area (Å²) < 4.78 is 20.5. The first-order chi connectivity index (χ1) is 16.7. The van der Waals surface area contributed by atoms with Crippen LogP contribution in [-0.4, -0.2) is 42.7 Å². The molecule has 0 saturated carbocycles. The molecule has 0 spiro atoms. The van der Waals surface area contributed by atoms with Crippen molar-refractivity contribution in [3.8, 4) is 17.6 Å². The molecule has 1 aliphatic rings. The highest BCUT2D eigenvalue weighted by molar-refractivity contribution is 7.14. The van der Waals surface area contributed by atoms with Gasteiger partial charge in [-0.3, -0.25) is 14.9 Å². The van der Waals surface area contributed by atoms with Gasteiger partial charge >= 0.3 is 11.9 Å². The number of allylic oxidation sites excluding steroid dienone is 1. The number of carbonyl (C=O) groups excluding carboxylic acids is 3. The van der Waals surface area contributed by atoms with E-state index in [4.69, 9.17) is 18.9 Å². The van der Waals surface area contributed by atoms with Crippen molar-refractivity contribution < 1.29 is 38.3 Å². The van der Waals surface area contributed by atoms with Gasteiger partial charge in [-0.15, -0.1) is 11.3 Å². The van der Waals surface area contributed by atoms with Crippen LogP contribution in [-0.2, 0) is 20.7 Å². The molecule has 1 aromatic heterocycles. The lowest BCUT2D eigenvalue weighted by Gasteiger charge is -2.05. The lowest BCUT2D eigenvalue weighted by molar-refractivity contribution is -0.385. The van der Waals surface area contributed by atoms with E-state index in [9.17, 15) is 29.8 Å². The Labute approximate surface area is 203 Å². The van der Waals surface area contributed by atoms with E-state index in [0.29, 0.717) is 5.56 Å². The highest BCUT2D eigenvalue weighted by Crippen LogP contribution is 2.39. The molecular weight excluding hydrogens is 480 g/mol. The molecule has 0 amide bonds. The predicted octanol–water partition coefficient (Wildman–Crippen LogP) is 3.77. The first-order valence-electron chi connectivity index (χ1n) is 10.4. The topological polar surface area (TPSA) is 155 Å². The Bertz CT molecular complexity index is 1290. The van der Waals surface area contributed by atoms with Gasteiger partial charge < -0.3 is 18.9 Å². The van der Waals surface area contributed by atoms with Crippen molar-refractivity contribution in [2.45, 2.75) is 27.2 Å². The summed E-state index contributed by atoms with van der Waals surface area (Å²) in [7, 11) is 0. The number of nitrogens with zero attached hydrogens (tertiary/aromatic N) is 2. The van der Waals surface area contributed by atoms with E-state index in [1.165, 1.54) is 6.07 Å². The summed E-state index contributed by atoms with van der Waals surface area (Å²) in [5, 5.41) is 21.1. The zero-order chi connectivity index (χ0) is 25.7. The molecule has 0 bridgehead atoms. The van der Waals surface area contributed by atoms with Crippen molar-refractivity contribution in [1.29, 1.82) is 5.26 Å². The lowest BCUT2D eigenvalue weighted by atomic mass is 10.0. The second-order valence-electron chi connectivity index (χ2n) is 7.09. The number of nitro groups is 1. The van der Waals surface area contributed by atoms with Crippen molar-refractivity contribution in [2.24, 2.45) is 0 Å². The SMILES string of the molecule is CCOC(=O)c1sc(CC(=O)/C(C#N)=C/c2cc3c(cc2[N+](=O)[O-])OCO3)c(C(=O)OCC)c1C. The molecule has 1 aromatic carbocycles. The summed E-state index contributed by atoms with van der Waals surface area (Å²) >= 11 is 0.898. The fourth-order valence-corrected chi connectivity index (χ4v) is 4.54. The van der Waals surface area contributed by atoms with Crippen LogP contribution in [0.3, 0.4) is 0 Å². The van der Waals surface area contributed by atoms with Crippen LogP contribution in [0, 0.1) is 28.4 Å². The minimum atomic E-state index is -0.714. The summed E-state index contributed by atoms with van der Waals surface area (Å²) in [5.74, 6) is -1.65. The van der Waals surface area contributed by atoms with Gasteiger partial charge in [0.15, 0.2) is 17.3 Å². The van der Waals surface area contributed by atoms with Crippen molar-refractivity contribution in [2.75, 3.05) is 20.0 Å². The van der Waals surface area contributed by atoms with Gasteiger partial charge in [-0.25, -0.2) is 9.59 Å². The number of hydrogen-bond donors (Lipinski definition) is 0. The number of nitriles is 1. The molecule has 1 aliphatic heterocycles. The average Bonchev–Trinajstić information content (AvgIpc) is 3.40. The molecule has 0 saturated heterocycles. The smallest absolute Gasteiger partial charge is 0.348 e. The summed E-state index contributed by atoms with van der Waals surface area (Å²) in [6.45, 7) is 4.88. The molecule has 0 aliphatic carbocycles. The number of Topliss-reactive ketones (excluding diaryl/α,β-unsaturated/α-hetero) is 1. The zero-order valence-electron chi connectivity index (χ0n) is 19.0. The number of ketones is 1. The Morgan fingerprint density at radius 2 is 1.80 bits per heavy atom. The molecular formula is C23H20N2O9S. The Balaban J connectivity index is 2.01. The number of rotatable bonds is 9. The standard InChI is InChI=1S/C23H20N2O9S/c1-4-31-22(27)20-12(3)21(23(28)32-5-2)35-19(20)9-16(26)14(10-24)6-13-7-17-18(34-11-33-17)8-15(13)25(29)30/h6-8H,4-5,9,11H2,1-3H3/b14-6+. The normalized spacial score (nSPS) is 12.1. The van der Waals surface area contributed by atoms with Crippen molar-refractivity contribution in [1.82, 2.24) is 0 Å². The molecule has 2 aromatic rings. The molecule has 3 rings (SSSR count). The number of hydrogen-bond acceptors (Lipinski definition) is 11. The maximum Gasteiger partial charge on any atom is 0.348 e. The van der Waals surface area contributed by atoms with Gasteiger partial charge in [-0.1, -0.05) is 0 Å². The monoisotopic (exact) mass is 500 g/mol. The Morgan fingerprint density at radius 3 is 2.40 bits per heavy atom. The Morgan fingerprint density at radius 1 is 1.17 bits per heavy atom. The van der Waals surface area contributed by atoms with Gasteiger partial charge in [0.1, 0.15) is 10.9 Å². The number of nitro benzene ring substituents is 1. The summed E-state index contributed by atoms with van der Waals surface area (Å²) in [5.41, 5.74) is -0.420. The summed E-state index contributed by atoms with van der Waals surface area (Å²) in [6, 6.07) is 4.22. The van der Waals surface area contributed by atoms with Gasteiger partial charge in [-0.05, 0) is 38.5 Å². The zero-order valence-corrected chi connectivity index (χ0v) is 19.9. The first kappa shape index (κ1) is 25.4. The van der Waals surface area contributed by atoms with Crippen molar-refractivity contribution in [3.05, 3.63) is 54.3 Å². The van der Waals surface area contributed by atoms with E-state index in [1.807, 2.05) is 0 Å². The molecule has 12 heteroatoms. The number of carbonyl (C=O) groups is 3. The van der Waals surface area contributed by atoms with Gasteiger partial charge in [0.25, 0.3) is 5.69 Å². The van der Waals surface area contributed by atoms with Crippen LogP contribution in [0.25, 0.3) is 6.08 Å². The number of ether oxygens (including phenoxy) is 4.